The maximum Gasteiger partial charge on any atom is 0.307 e. The van der Waals surface area contributed by atoms with Crippen LogP contribution in [-0.4, -0.2) is 36.7 Å². The monoisotopic (exact) mass is 315 g/mol. The van der Waals surface area contributed by atoms with E-state index in [9.17, 15) is 9.59 Å². The topological polar surface area (TPSA) is 110 Å². The number of aliphatic carboxylic acids is 1. The predicted octanol–water partition coefficient (Wildman–Crippen LogP) is 1.17. The number of carboxylic acid groups (broad SMARTS) is 1. The van der Waals surface area contributed by atoms with Gasteiger partial charge in [0.1, 0.15) is 6.33 Å². The largest absolute Gasteiger partial charge is 0.481 e. The van der Waals surface area contributed by atoms with Crippen molar-refractivity contribution in [2.75, 3.05) is 5.32 Å². The second-order valence-corrected chi connectivity index (χ2v) is 6.33. The minimum Gasteiger partial charge on any atom is -0.481 e. The number of pyridine rings is 1. The SMILES string of the molecule is Cn1cnnc1-c1cncc(NC(=O)[C@@H]2[C@H](C(=O)O)C2(C)C)c1. The number of carbonyl (C=O) groups excluding carboxylic acids is 1. The quantitative estimate of drug-likeness (QED) is 0.876. The van der Waals surface area contributed by atoms with Crippen molar-refractivity contribution >= 4 is 17.6 Å². The third-order valence-electron chi connectivity index (χ3n) is 4.35. The van der Waals surface area contributed by atoms with Crippen LogP contribution in [0.4, 0.5) is 5.69 Å². The summed E-state index contributed by atoms with van der Waals surface area (Å²) >= 11 is 0. The van der Waals surface area contributed by atoms with Crippen LogP contribution in [0.5, 0.6) is 0 Å². The van der Waals surface area contributed by atoms with Gasteiger partial charge in [0.05, 0.1) is 23.7 Å². The van der Waals surface area contributed by atoms with Gasteiger partial charge in [-0.25, -0.2) is 0 Å². The van der Waals surface area contributed by atoms with Crippen LogP contribution in [0.2, 0.25) is 0 Å². The van der Waals surface area contributed by atoms with E-state index in [-0.39, 0.29) is 5.91 Å². The van der Waals surface area contributed by atoms with Gasteiger partial charge < -0.3 is 15.0 Å². The second-order valence-electron chi connectivity index (χ2n) is 6.33. The standard InChI is InChI=1S/C15H17N5O3/c1-15(2)10(11(15)14(22)23)13(21)18-9-4-8(5-16-6-9)12-19-17-7-20(12)3/h4-7,10-11H,1-3H3,(H,18,21)(H,22,23)/t10-,11+/m0/s1. The summed E-state index contributed by atoms with van der Waals surface area (Å²) in [5, 5.41) is 19.7. The molecule has 1 aliphatic rings. The molecule has 0 saturated heterocycles. The summed E-state index contributed by atoms with van der Waals surface area (Å²) in [5.41, 5.74) is 0.680. The maximum atomic E-state index is 12.3. The average Bonchev–Trinajstić information content (AvgIpc) is 2.83. The van der Waals surface area contributed by atoms with Crippen molar-refractivity contribution in [2.24, 2.45) is 24.3 Å². The fraction of sp³-hybridized carbons (Fsp3) is 0.400. The fourth-order valence-corrected chi connectivity index (χ4v) is 2.98. The van der Waals surface area contributed by atoms with E-state index >= 15 is 0 Å². The Morgan fingerprint density at radius 1 is 1.30 bits per heavy atom. The second kappa shape index (κ2) is 5.15. The van der Waals surface area contributed by atoms with E-state index in [1.807, 2.05) is 7.05 Å². The fourth-order valence-electron chi connectivity index (χ4n) is 2.98. The molecule has 2 heterocycles. The first-order valence-electron chi connectivity index (χ1n) is 7.15. The molecule has 2 N–H and O–H groups in total. The molecule has 0 unspecified atom stereocenters. The first-order chi connectivity index (χ1) is 10.8. The molecular formula is C15H17N5O3. The highest BCUT2D eigenvalue weighted by Gasteiger charge is 2.65. The first kappa shape index (κ1) is 15.1. The highest BCUT2D eigenvalue weighted by Crippen LogP contribution is 2.58. The van der Waals surface area contributed by atoms with Gasteiger partial charge in [-0.05, 0) is 11.5 Å². The van der Waals surface area contributed by atoms with Crippen LogP contribution in [0.25, 0.3) is 11.4 Å². The Kier molecular flexibility index (Phi) is 3.39. The Hall–Kier alpha value is -2.77. The van der Waals surface area contributed by atoms with Crippen molar-refractivity contribution in [1.29, 1.82) is 0 Å². The summed E-state index contributed by atoms with van der Waals surface area (Å²) in [5.74, 6) is -1.82. The number of aryl methyl sites for hydroxylation is 1. The van der Waals surface area contributed by atoms with Crippen molar-refractivity contribution in [2.45, 2.75) is 13.8 Å². The minimum absolute atomic E-state index is 0.306. The maximum absolute atomic E-state index is 12.3. The molecule has 120 valence electrons. The third kappa shape index (κ3) is 2.56. The lowest BCUT2D eigenvalue weighted by Gasteiger charge is -2.07. The zero-order valence-electron chi connectivity index (χ0n) is 13.0. The van der Waals surface area contributed by atoms with E-state index in [1.165, 1.54) is 6.20 Å². The van der Waals surface area contributed by atoms with Gasteiger partial charge in [0, 0.05) is 18.8 Å². The summed E-state index contributed by atoms with van der Waals surface area (Å²) in [6, 6.07) is 1.74. The highest BCUT2D eigenvalue weighted by atomic mass is 16.4. The molecule has 2 atom stereocenters. The number of amides is 1. The van der Waals surface area contributed by atoms with Gasteiger partial charge in [-0.15, -0.1) is 10.2 Å². The third-order valence-corrected chi connectivity index (χ3v) is 4.35. The molecule has 1 amide bonds. The normalized spacial score (nSPS) is 21.7. The molecule has 2 aromatic heterocycles. The molecule has 2 aromatic rings. The van der Waals surface area contributed by atoms with Gasteiger partial charge in [-0.1, -0.05) is 13.8 Å². The van der Waals surface area contributed by atoms with Crippen molar-refractivity contribution < 1.29 is 14.7 Å². The number of nitrogens with zero attached hydrogens (tertiary/aromatic N) is 4. The number of hydrogen-bond donors (Lipinski definition) is 2. The summed E-state index contributed by atoms with van der Waals surface area (Å²) in [7, 11) is 1.81. The van der Waals surface area contributed by atoms with Gasteiger partial charge in [0.2, 0.25) is 5.91 Å². The number of carbonyl (C=O) groups is 2. The highest BCUT2D eigenvalue weighted by molar-refractivity contribution is 5.99. The van der Waals surface area contributed by atoms with E-state index in [0.29, 0.717) is 17.1 Å². The molecule has 8 nitrogen and oxygen atoms in total. The van der Waals surface area contributed by atoms with Crippen LogP contribution >= 0.6 is 0 Å². The van der Waals surface area contributed by atoms with Crippen LogP contribution in [0.15, 0.2) is 24.8 Å². The molecule has 0 aromatic carbocycles. The Balaban J connectivity index is 1.78. The molecule has 8 heteroatoms. The Labute approximate surface area is 132 Å². The summed E-state index contributed by atoms with van der Waals surface area (Å²) in [6.07, 6.45) is 4.72. The lowest BCUT2D eigenvalue weighted by molar-refractivity contribution is -0.140. The summed E-state index contributed by atoms with van der Waals surface area (Å²) < 4.78 is 1.74. The van der Waals surface area contributed by atoms with Crippen molar-refractivity contribution in [3.8, 4) is 11.4 Å². The number of carboxylic acids is 1. The van der Waals surface area contributed by atoms with Crippen LogP contribution in [0, 0.1) is 17.3 Å². The molecule has 23 heavy (non-hydrogen) atoms. The lowest BCUT2D eigenvalue weighted by Crippen LogP contribution is -2.18. The zero-order chi connectivity index (χ0) is 16.8. The van der Waals surface area contributed by atoms with Crippen molar-refractivity contribution in [1.82, 2.24) is 19.7 Å². The molecule has 0 bridgehead atoms. The van der Waals surface area contributed by atoms with Crippen LogP contribution in [-0.2, 0) is 16.6 Å². The Morgan fingerprint density at radius 2 is 2.04 bits per heavy atom. The molecule has 1 fully saturated rings. The smallest absolute Gasteiger partial charge is 0.307 e. The molecular weight excluding hydrogens is 298 g/mol. The number of aromatic nitrogens is 4. The van der Waals surface area contributed by atoms with Gasteiger partial charge in [0.15, 0.2) is 5.82 Å². The molecule has 0 radical (unpaired) electrons. The van der Waals surface area contributed by atoms with Gasteiger partial charge in [-0.2, -0.15) is 0 Å². The first-order valence-corrected chi connectivity index (χ1v) is 7.15. The van der Waals surface area contributed by atoms with Crippen LogP contribution in [0.3, 0.4) is 0 Å². The predicted molar refractivity (Wildman–Crippen MR) is 81.3 cm³/mol. The van der Waals surface area contributed by atoms with Crippen molar-refractivity contribution in [3.05, 3.63) is 24.8 Å². The van der Waals surface area contributed by atoms with Crippen LogP contribution < -0.4 is 5.32 Å². The van der Waals surface area contributed by atoms with Crippen LogP contribution in [0.1, 0.15) is 13.8 Å². The lowest BCUT2D eigenvalue weighted by atomic mass is 10.1. The van der Waals surface area contributed by atoms with Gasteiger partial charge >= 0.3 is 5.97 Å². The molecule has 0 spiro atoms. The zero-order valence-corrected chi connectivity index (χ0v) is 13.0. The summed E-state index contributed by atoms with van der Waals surface area (Å²) in [6.45, 7) is 3.56. The van der Waals surface area contributed by atoms with E-state index in [0.717, 1.165) is 0 Å². The number of nitrogens with one attached hydrogen (secondary N) is 1. The Morgan fingerprint density at radius 3 is 2.61 bits per heavy atom. The molecule has 1 saturated carbocycles. The number of rotatable bonds is 4. The average molecular weight is 315 g/mol. The number of anilines is 1. The van der Waals surface area contributed by atoms with Gasteiger partial charge in [0.25, 0.3) is 0 Å². The van der Waals surface area contributed by atoms with E-state index in [1.54, 1.807) is 37.0 Å². The van der Waals surface area contributed by atoms with E-state index in [2.05, 4.69) is 20.5 Å². The van der Waals surface area contributed by atoms with Gasteiger partial charge in [-0.3, -0.25) is 14.6 Å². The van der Waals surface area contributed by atoms with E-state index in [4.69, 9.17) is 5.11 Å². The molecule has 1 aliphatic carbocycles. The minimum atomic E-state index is -0.943. The Bertz CT molecular complexity index is 783. The number of hydrogen-bond acceptors (Lipinski definition) is 5. The van der Waals surface area contributed by atoms with Crippen molar-refractivity contribution in [3.63, 3.8) is 0 Å². The van der Waals surface area contributed by atoms with E-state index < -0.39 is 23.2 Å². The molecule has 3 rings (SSSR count). The molecule has 0 aliphatic heterocycles. The summed E-state index contributed by atoms with van der Waals surface area (Å²) in [4.78, 5) is 27.6.